The molecule has 2 fully saturated rings. The third-order valence-corrected chi connectivity index (χ3v) is 22.7. The van der Waals surface area contributed by atoms with Gasteiger partial charge in [0, 0.05) is 36.2 Å². The number of nitrogens with zero attached hydrogens (tertiary/aromatic N) is 2. The van der Waals surface area contributed by atoms with Gasteiger partial charge in [0.1, 0.15) is 22.6 Å². The average molecular weight is 719 g/mol. The molecule has 4 atom stereocenters. The number of anilines is 1. The van der Waals surface area contributed by atoms with Gasteiger partial charge in [0.05, 0.1) is 16.5 Å². The molecule has 0 aliphatic heterocycles. The van der Waals surface area contributed by atoms with E-state index < -0.39 is 22.7 Å². The SMILES string of the molecule is CC(C)[Si](O[C@H]1C[C@H](Nc2ncncc2C(=O)c2cc([C@H](O)C#CC3CC3)c(Cl)s2)C[C@@H]1CO[Si](C)(C)C(C)(C)C)(C(C)C)C(C)C. The number of nitrogens with one attached hydrogen (secondary N) is 1. The van der Waals surface area contributed by atoms with E-state index in [1.807, 2.05) is 0 Å². The van der Waals surface area contributed by atoms with Crippen molar-refractivity contribution in [3.8, 4) is 11.8 Å². The molecule has 0 saturated heterocycles. The topological polar surface area (TPSA) is 93.6 Å². The lowest BCUT2D eigenvalue weighted by molar-refractivity contribution is 0.0971. The maximum Gasteiger partial charge on any atom is 0.208 e. The molecule has 0 amide bonds. The summed E-state index contributed by atoms with van der Waals surface area (Å²) in [5.41, 5.74) is 2.27. The van der Waals surface area contributed by atoms with Gasteiger partial charge in [-0.25, -0.2) is 9.97 Å². The molecule has 0 bridgehead atoms. The summed E-state index contributed by atoms with van der Waals surface area (Å²) in [4.78, 5) is 23.0. The molecular weight excluding hydrogens is 662 g/mol. The van der Waals surface area contributed by atoms with Gasteiger partial charge in [-0.05, 0) is 66.5 Å². The van der Waals surface area contributed by atoms with Crippen molar-refractivity contribution in [2.45, 2.75) is 141 Å². The Morgan fingerprint density at radius 2 is 1.77 bits per heavy atom. The van der Waals surface area contributed by atoms with Crippen LogP contribution in [0.1, 0.15) is 115 Å². The summed E-state index contributed by atoms with van der Waals surface area (Å²) in [6, 6.07) is 1.70. The van der Waals surface area contributed by atoms with E-state index in [9.17, 15) is 9.90 Å². The molecule has 0 spiro atoms. The van der Waals surface area contributed by atoms with Crippen LogP contribution in [0.2, 0.25) is 39.1 Å². The summed E-state index contributed by atoms with van der Waals surface area (Å²) in [5, 5.41) is 14.4. The number of hydrogen-bond acceptors (Lipinski definition) is 8. The number of carbonyl (C=O) groups is 1. The molecule has 2 saturated carbocycles. The molecular formula is C36H56ClN3O4SSi2. The maximum atomic E-state index is 13.8. The number of halogens is 1. The van der Waals surface area contributed by atoms with Gasteiger partial charge in [-0.15, -0.1) is 11.3 Å². The first-order valence-electron chi connectivity index (χ1n) is 17.3. The minimum Gasteiger partial charge on any atom is -0.416 e. The van der Waals surface area contributed by atoms with E-state index >= 15 is 0 Å². The van der Waals surface area contributed by atoms with Gasteiger partial charge in [-0.2, -0.15) is 0 Å². The van der Waals surface area contributed by atoms with Gasteiger partial charge in [-0.1, -0.05) is 85.8 Å². The van der Waals surface area contributed by atoms with E-state index in [2.05, 4.69) is 103 Å². The lowest BCUT2D eigenvalue weighted by Gasteiger charge is -2.45. The monoisotopic (exact) mass is 717 g/mol. The second kappa shape index (κ2) is 15.1. The van der Waals surface area contributed by atoms with Crippen molar-refractivity contribution < 1.29 is 18.8 Å². The van der Waals surface area contributed by atoms with Crippen LogP contribution >= 0.6 is 22.9 Å². The summed E-state index contributed by atoms with van der Waals surface area (Å²) in [6.07, 6.45) is 5.86. The molecule has 260 valence electrons. The van der Waals surface area contributed by atoms with Crippen LogP contribution in [-0.4, -0.2) is 56.2 Å². The summed E-state index contributed by atoms with van der Waals surface area (Å²) < 4.78 is 14.6. The zero-order valence-electron chi connectivity index (χ0n) is 30.2. The Kier molecular flexibility index (Phi) is 12.3. The van der Waals surface area contributed by atoms with E-state index in [1.165, 1.54) is 6.33 Å². The fraction of sp³-hybridized carbons (Fsp3) is 0.694. The molecule has 2 heterocycles. The van der Waals surface area contributed by atoms with Crippen LogP contribution in [-0.2, 0) is 8.85 Å². The lowest BCUT2D eigenvalue weighted by atomic mass is 10.1. The van der Waals surface area contributed by atoms with Crippen LogP contribution in [0.15, 0.2) is 18.6 Å². The Hall–Kier alpha value is -1.59. The van der Waals surface area contributed by atoms with Crippen LogP contribution in [0.4, 0.5) is 5.82 Å². The maximum absolute atomic E-state index is 13.8. The standard InChI is InChI=1S/C36H56ClN3O4SSi2/c1-22(2)47(23(3)4,24(5)6)44-31-17-27(16-26(31)20-43-46(10,11)36(7,8)9)40-35-29(19-38-21-39-35)33(42)32-18-28(34(37)45-32)30(41)15-14-25-12-13-25/h18-19,21-27,30-31,41H,12-13,16-17,20H2,1-11H3,(H,38,39,40)/t26-,27-,30-,31+/m1/s1. The van der Waals surface area contributed by atoms with Crippen molar-refractivity contribution in [3.63, 3.8) is 0 Å². The van der Waals surface area contributed by atoms with E-state index in [0.717, 1.165) is 37.0 Å². The molecule has 47 heavy (non-hydrogen) atoms. The van der Waals surface area contributed by atoms with Gasteiger partial charge in [0.2, 0.25) is 14.1 Å². The highest BCUT2D eigenvalue weighted by atomic mass is 35.5. The second-order valence-corrected chi connectivity index (χ2v) is 27.9. The molecule has 11 heteroatoms. The minimum atomic E-state index is -2.15. The molecule has 0 radical (unpaired) electrons. The molecule has 4 rings (SSSR count). The van der Waals surface area contributed by atoms with Crippen molar-refractivity contribution in [3.05, 3.63) is 38.9 Å². The number of aliphatic hydroxyl groups is 1. The average Bonchev–Trinajstić information content (AvgIpc) is 3.62. The summed E-state index contributed by atoms with van der Waals surface area (Å²) in [7, 11) is -4.12. The number of aromatic nitrogens is 2. The highest BCUT2D eigenvalue weighted by Crippen LogP contribution is 2.47. The van der Waals surface area contributed by atoms with E-state index in [-0.39, 0.29) is 28.9 Å². The van der Waals surface area contributed by atoms with Crippen LogP contribution in [0.3, 0.4) is 0 Å². The number of aliphatic hydroxyl groups excluding tert-OH is 1. The third kappa shape index (κ3) is 8.78. The third-order valence-electron chi connectivity index (χ3n) is 10.7. The first kappa shape index (κ1) is 38.2. The van der Waals surface area contributed by atoms with Crippen molar-refractivity contribution in [1.29, 1.82) is 0 Å². The Morgan fingerprint density at radius 3 is 2.34 bits per heavy atom. The van der Waals surface area contributed by atoms with Gasteiger partial charge < -0.3 is 19.3 Å². The normalized spacial score (nSPS) is 21.3. The minimum absolute atomic E-state index is 0.0500. The van der Waals surface area contributed by atoms with Gasteiger partial charge in [0.15, 0.2) is 8.32 Å². The van der Waals surface area contributed by atoms with Crippen molar-refractivity contribution in [2.24, 2.45) is 11.8 Å². The second-order valence-electron chi connectivity index (χ2n) is 16.0. The smallest absolute Gasteiger partial charge is 0.208 e. The highest BCUT2D eigenvalue weighted by Gasteiger charge is 2.50. The molecule has 7 nitrogen and oxygen atoms in total. The zero-order valence-corrected chi connectivity index (χ0v) is 33.8. The summed E-state index contributed by atoms with van der Waals surface area (Å²) in [6.45, 7) is 26.1. The number of ketones is 1. The Bertz CT molecular complexity index is 1440. The molecule has 2 N–H and O–H groups in total. The fourth-order valence-corrected chi connectivity index (χ4v) is 14.8. The van der Waals surface area contributed by atoms with Gasteiger partial charge >= 0.3 is 0 Å². The number of hydrogen-bond donors (Lipinski definition) is 2. The molecule has 0 aromatic carbocycles. The van der Waals surface area contributed by atoms with Crippen LogP contribution in [0.5, 0.6) is 0 Å². The van der Waals surface area contributed by atoms with Crippen molar-refractivity contribution in [2.75, 3.05) is 11.9 Å². The summed E-state index contributed by atoms with van der Waals surface area (Å²) >= 11 is 7.64. The number of carbonyl (C=O) groups excluding carboxylic acids is 1. The predicted molar refractivity (Wildman–Crippen MR) is 199 cm³/mol. The molecule has 2 aliphatic carbocycles. The molecule has 2 aromatic rings. The molecule has 2 aromatic heterocycles. The number of rotatable bonds is 13. The fourth-order valence-electron chi connectivity index (χ4n) is 6.85. The van der Waals surface area contributed by atoms with Crippen molar-refractivity contribution >= 4 is 51.2 Å². The summed E-state index contributed by atoms with van der Waals surface area (Å²) in [5.74, 6) is 6.82. The Labute approximate surface area is 294 Å². The van der Waals surface area contributed by atoms with E-state index in [4.69, 9.17) is 20.5 Å². The Balaban J connectivity index is 1.58. The van der Waals surface area contributed by atoms with Crippen LogP contribution in [0.25, 0.3) is 0 Å². The van der Waals surface area contributed by atoms with Crippen molar-refractivity contribution in [1.82, 2.24) is 9.97 Å². The predicted octanol–water partition coefficient (Wildman–Crippen LogP) is 9.64. The van der Waals surface area contributed by atoms with Crippen LogP contribution < -0.4 is 5.32 Å². The van der Waals surface area contributed by atoms with Gasteiger partial charge in [0.25, 0.3) is 0 Å². The lowest BCUT2D eigenvalue weighted by Crippen LogP contribution is -2.51. The van der Waals surface area contributed by atoms with E-state index in [1.54, 1.807) is 12.3 Å². The Morgan fingerprint density at radius 1 is 1.13 bits per heavy atom. The van der Waals surface area contributed by atoms with Gasteiger partial charge in [-0.3, -0.25) is 4.79 Å². The van der Waals surface area contributed by atoms with Crippen LogP contribution in [0, 0.1) is 23.7 Å². The quantitative estimate of drug-likeness (QED) is 0.121. The van der Waals surface area contributed by atoms with E-state index in [0.29, 0.717) is 55.3 Å². The highest BCUT2D eigenvalue weighted by molar-refractivity contribution is 7.18. The zero-order chi connectivity index (χ0) is 34.9. The largest absolute Gasteiger partial charge is 0.416 e. The molecule has 0 unspecified atom stereocenters. The number of thiophene rings is 1. The first-order chi connectivity index (χ1) is 21.9. The molecule has 2 aliphatic rings. The first-order valence-corrected chi connectivity index (χ1v) is 23.5.